The first kappa shape index (κ1) is 19.4. The van der Waals surface area contributed by atoms with Crippen molar-refractivity contribution in [2.45, 2.75) is 50.0 Å². The molecular formula is C17H24N2O5S. The molecule has 1 aromatic carbocycles. The van der Waals surface area contributed by atoms with Crippen molar-refractivity contribution in [3.05, 3.63) is 29.8 Å². The summed E-state index contributed by atoms with van der Waals surface area (Å²) in [4.78, 5) is 23.9. The summed E-state index contributed by atoms with van der Waals surface area (Å²) in [5, 5.41) is 12.2. The zero-order valence-corrected chi connectivity index (χ0v) is 15.0. The van der Waals surface area contributed by atoms with Gasteiger partial charge >= 0.3 is 5.97 Å². The second kappa shape index (κ2) is 8.44. The van der Waals surface area contributed by atoms with E-state index in [4.69, 9.17) is 0 Å². The Bertz CT molecular complexity index is 715. The Balaban J connectivity index is 2.10. The number of nitrogens with one attached hydrogen (secondary N) is 2. The topological polar surface area (TPSA) is 113 Å². The van der Waals surface area contributed by atoms with Gasteiger partial charge in [0.05, 0.1) is 10.8 Å². The summed E-state index contributed by atoms with van der Waals surface area (Å²) in [6, 6.07) is 5.21. The Morgan fingerprint density at radius 1 is 1.12 bits per heavy atom. The average Bonchev–Trinajstić information content (AvgIpc) is 2.80. The number of carbonyl (C=O) groups is 2. The van der Waals surface area contributed by atoms with Crippen molar-refractivity contribution in [1.82, 2.24) is 10.0 Å². The van der Waals surface area contributed by atoms with Crippen molar-refractivity contribution >= 4 is 21.9 Å². The molecule has 1 fully saturated rings. The molecule has 3 N–H and O–H groups in total. The number of benzene rings is 1. The normalized spacial score (nSPS) is 21.3. The highest BCUT2D eigenvalue weighted by Crippen LogP contribution is 2.24. The maximum absolute atomic E-state index is 12.4. The maximum Gasteiger partial charge on any atom is 0.308 e. The van der Waals surface area contributed by atoms with Crippen LogP contribution in [-0.2, 0) is 14.8 Å². The molecule has 0 heterocycles. The minimum absolute atomic E-state index is 0.0868. The molecule has 1 aromatic rings. The lowest BCUT2D eigenvalue weighted by molar-refractivity contribution is -0.142. The molecule has 0 aliphatic heterocycles. The minimum atomic E-state index is -3.56. The molecule has 0 bridgehead atoms. The van der Waals surface area contributed by atoms with Crippen LogP contribution in [0.3, 0.4) is 0 Å². The monoisotopic (exact) mass is 368 g/mol. The van der Waals surface area contributed by atoms with Crippen LogP contribution < -0.4 is 10.0 Å². The predicted molar refractivity (Wildman–Crippen MR) is 92.8 cm³/mol. The molecule has 1 aliphatic rings. The zero-order chi connectivity index (χ0) is 18.4. The molecule has 0 spiro atoms. The van der Waals surface area contributed by atoms with E-state index in [-0.39, 0.29) is 17.3 Å². The number of sulfonamides is 1. The number of carbonyl (C=O) groups excluding carboxylic acids is 1. The largest absolute Gasteiger partial charge is 0.481 e. The van der Waals surface area contributed by atoms with E-state index in [0.29, 0.717) is 18.4 Å². The fourth-order valence-corrected chi connectivity index (χ4v) is 4.13. The molecule has 1 amide bonds. The number of hydrogen-bond donors (Lipinski definition) is 3. The van der Waals surface area contributed by atoms with E-state index in [1.54, 1.807) is 6.92 Å². The fraction of sp³-hybridized carbons (Fsp3) is 0.529. The van der Waals surface area contributed by atoms with Gasteiger partial charge in [0, 0.05) is 18.2 Å². The summed E-state index contributed by atoms with van der Waals surface area (Å²) in [5.41, 5.74) is 0.309. The first-order valence-electron chi connectivity index (χ1n) is 8.48. The third kappa shape index (κ3) is 5.02. The second-order valence-corrected chi connectivity index (χ2v) is 7.96. The molecule has 1 aliphatic carbocycles. The Morgan fingerprint density at radius 2 is 1.76 bits per heavy atom. The Kier molecular flexibility index (Phi) is 6.55. The minimum Gasteiger partial charge on any atom is -0.481 e. The van der Waals surface area contributed by atoms with Gasteiger partial charge in [-0.05, 0) is 37.1 Å². The molecule has 0 unspecified atom stereocenters. The highest BCUT2D eigenvalue weighted by atomic mass is 32.2. The van der Waals surface area contributed by atoms with Gasteiger partial charge in [-0.25, -0.2) is 13.1 Å². The van der Waals surface area contributed by atoms with Gasteiger partial charge in [-0.3, -0.25) is 9.59 Å². The molecule has 2 rings (SSSR count). The highest BCUT2D eigenvalue weighted by Gasteiger charge is 2.30. The van der Waals surface area contributed by atoms with E-state index in [1.807, 2.05) is 0 Å². The standard InChI is InChI=1S/C17H24N2O5S/c1-2-18-25(23,24)13-10-8-12(9-11-13)16(20)19-15-7-5-3-4-6-14(15)17(21)22/h8-11,14-15,18H,2-7H2,1H3,(H,19,20)(H,21,22)/t14-,15+/m1/s1. The first-order valence-corrected chi connectivity index (χ1v) is 9.97. The van der Waals surface area contributed by atoms with Gasteiger partial charge in [0.2, 0.25) is 10.0 Å². The van der Waals surface area contributed by atoms with Crippen LogP contribution in [0.15, 0.2) is 29.2 Å². The Labute approximate surface area is 147 Å². The van der Waals surface area contributed by atoms with Crippen LogP contribution in [0.1, 0.15) is 49.4 Å². The molecule has 138 valence electrons. The van der Waals surface area contributed by atoms with E-state index in [0.717, 1.165) is 19.3 Å². The van der Waals surface area contributed by atoms with Crippen LogP contribution in [-0.4, -0.2) is 38.0 Å². The van der Waals surface area contributed by atoms with E-state index in [2.05, 4.69) is 10.0 Å². The summed E-state index contributed by atoms with van der Waals surface area (Å²) in [5.74, 6) is -1.86. The number of rotatable bonds is 6. The van der Waals surface area contributed by atoms with Crippen LogP contribution >= 0.6 is 0 Å². The van der Waals surface area contributed by atoms with Gasteiger partial charge in [0.25, 0.3) is 5.91 Å². The smallest absolute Gasteiger partial charge is 0.308 e. The molecule has 1 saturated carbocycles. The average molecular weight is 368 g/mol. The Hall–Kier alpha value is -1.93. The van der Waals surface area contributed by atoms with Gasteiger partial charge in [0.15, 0.2) is 0 Å². The van der Waals surface area contributed by atoms with Crippen LogP contribution in [0.5, 0.6) is 0 Å². The van der Waals surface area contributed by atoms with Crippen molar-refractivity contribution in [3.8, 4) is 0 Å². The third-order valence-electron chi connectivity index (χ3n) is 4.41. The van der Waals surface area contributed by atoms with Crippen molar-refractivity contribution in [3.63, 3.8) is 0 Å². The number of hydrogen-bond acceptors (Lipinski definition) is 4. The lowest BCUT2D eigenvalue weighted by atomic mass is 9.94. The van der Waals surface area contributed by atoms with Crippen LogP contribution in [0.25, 0.3) is 0 Å². The maximum atomic E-state index is 12.4. The molecule has 7 nitrogen and oxygen atoms in total. The van der Waals surface area contributed by atoms with Crippen LogP contribution in [0, 0.1) is 5.92 Å². The van der Waals surface area contributed by atoms with E-state index in [1.165, 1.54) is 24.3 Å². The van der Waals surface area contributed by atoms with Gasteiger partial charge in [0.1, 0.15) is 0 Å². The second-order valence-electron chi connectivity index (χ2n) is 6.19. The van der Waals surface area contributed by atoms with Crippen molar-refractivity contribution < 1.29 is 23.1 Å². The molecule has 0 aromatic heterocycles. The van der Waals surface area contributed by atoms with E-state index < -0.39 is 28.0 Å². The van der Waals surface area contributed by atoms with E-state index >= 15 is 0 Å². The zero-order valence-electron chi connectivity index (χ0n) is 14.2. The lowest BCUT2D eigenvalue weighted by Gasteiger charge is -2.23. The molecule has 0 radical (unpaired) electrons. The van der Waals surface area contributed by atoms with Crippen molar-refractivity contribution in [2.75, 3.05) is 6.54 Å². The quantitative estimate of drug-likeness (QED) is 0.662. The van der Waals surface area contributed by atoms with Gasteiger partial charge in [-0.15, -0.1) is 0 Å². The molecule has 8 heteroatoms. The van der Waals surface area contributed by atoms with E-state index in [9.17, 15) is 23.1 Å². The number of carboxylic acids is 1. The van der Waals surface area contributed by atoms with Crippen molar-refractivity contribution in [1.29, 1.82) is 0 Å². The summed E-state index contributed by atoms with van der Waals surface area (Å²) < 4.78 is 26.2. The number of aliphatic carboxylic acids is 1. The predicted octanol–water partition coefficient (Wildman–Crippen LogP) is 1.75. The van der Waals surface area contributed by atoms with Crippen molar-refractivity contribution in [2.24, 2.45) is 5.92 Å². The summed E-state index contributed by atoms with van der Waals surface area (Å²) >= 11 is 0. The third-order valence-corrected chi connectivity index (χ3v) is 5.97. The lowest BCUT2D eigenvalue weighted by Crippen LogP contribution is -2.42. The van der Waals surface area contributed by atoms with Crippen LogP contribution in [0.4, 0.5) is 0 Å². The Morgan fingerprint density at radius 3 is 2.36 bits per heavy atom. The summed E-state index contributed by atoms with van der Waals surface area (Å²) in [6.45, 7) is 1.97. The first-order chi connectivity index (χ1) is 11.8. The summed E-state index contributed by atoms with van der Waals surface area (Å²) in [7, 11) is -3.56. The molecular weight excluding hydrogens is 344 g/mol. The molecule has 25 heavy (non-hydrogen) atoms. The van der Waals surface area contributed by atoms with Gasteiger partial charge < -0.3 is 10.4 Å². The number of amides is 1. The fourth-order valence-electron chi connectivity index (χ4n) is 3.09. The van der Waals surface area contributed by atoms with Gasteiger partial charge in [-0.1, -0.05) is 26.2 Å². The SMILES string of the molecule is CCNS(=O)(=O)c1ccc(C(=O)N[C@H]2CCCCC[C@H]2C(=O)O)cc1. The highest BCUT2D eigenvalue weighted by molar-refractivity contribution is 7.89. The van der Waals surface area contributed by atoms with Gasteiger partial charge in [-0.2, -0.15) is 0 Å². The van der Waals surface area contributed by atoms with Crippen LogP contribution in [0.2, 0.25) is 0 Å². The summed E-state index contributed by atoms with van der Waals surface area (Å²) in [6.07, 6.45) is 3.89. The molecule has 2 atom stereocenters. The molecule has 0 saturated heterocycles. The number of carboxylic acid groups (broad SMARTS) is 1.